The number of ether oxygens (including phenoxy) is 10. The molecule has 0 bridgehead atoms. The van der Waals surface area contributed by atoms with E-state index in [9.17, 15) is 10.6 Å². The Morgan fingerprint density at radius 2 is 0.787 bits per heavy atom. The van der Waals surface area contributed by atoms with Gasteiger partial charge in [0.15, 0.2) is 25.2 Å². The summed E-state index contributed by atoms with van der Waals surface area (Å²) in [5, 5.41) is 20.0. The van der Waals surface area contributed by atoms with E-state index in [1.807, 2.05) is 113 Å². The minimum absolute atomic E-state index is 0.0558. The lowest BCUT2D eigenvalue weighted by molar-refractivity contribution is -0.363. The van der Waals surface area contributed by atoms with Crippen LogP contribution < -0.4 is 20.7 Å². The van der Waals surface area contributed by atoms with Crippen molar-refractivity contribution >= 4 is 37.4 Å². The number of rotatable bonds is 24. The van der Waals surface area contributed by atoms with Crippen LogP contribution in [0.3, 0.4) is 0 Å². The molecule has 0 spiro atoms. The van der Waals surface area contributed by atoms with Gasteiger partial charge in [-0.1, -0.05) is 263 Å². The van der Waals surface area contributed by atoms with Crippen molar-refractivity contribution in [2.24, 2.45) is 34.7 Å². The molecule has 0 saturated carbocycles. The van der Waals surface area contributed by atoms with Crippen LogP contribution in [-0.4, -0.2) is 134 Å². The second-order valence-corrected chi connectivity index (χ2v) is 37.1. The molecule has 20 atom stereocenters. The molecule has 8 unspecified atom stereocenters. The van der Waals surface area contributed by atoms with E-state index in [2.05, 4.69) is 169 Å². The standard InChI is InChI=1S/C76H101N3O13Si2/c1-49-50(2)71(81-14)88-62(47-84-93(75(8,9)10,58-37-25-17-26-38-58)59-39-27-18-28-40-59)66(49)90-73-53(5)69(83-46-57-35-23-16-24-36-57)70(55(7)87-73)92-74-64(78-79-77)51(3)67(91-72-52(4)68(65(80)54(6)86-72)82-45-56-33-21-15-22-34-56)63(89-74)48-85-94(76(11,12)13,60-41-29-19-30-42-60)61-43-31-20-32-44-61/h15-44,49-55,62-74,80H,45-48H2,1-14H3/t49-,50?,51-,52?,53?,54?,55?,62?,63?,64?,65-,66+,67+,68+,69+,70-,71-,72+,73+,74+/m1/s1. The molecule has 0 aromatic heterocycles. The molecule has 4 saturated heterocycles. The van der Waals surface area contributed by atoms with E-state index in [4.69, 9.17) is 56.2 Å². The van der Waals surface area contributed by atoms with Crippen molar-refractivity contribution in [2.75, 3.05) is 20.3 Å². The molecule has 4 aliphatic heterocycles. The first-order valence-electron chi connectivity index (χ1n) is 33.8. The molecule has 6 aromatic carbocycles. The van der Waals surface area contributed by atoms with Gasteiger partial charge in [-0.2, -0.15) is 0 Å². The van der Waals surface area contributed by atoms with Crippen LogP contribution >= 0.6 is 0 Å². The maximum atomic E-state index is 11.7. The quantitative estimate of drug-likeness (QED) is 0.0262. The SMILES string of the molecule is CO[C@@H]1OC(CO[Si](c2ccccc2)(c2ccccc2)C(C)(C)C)[C@@H](O[C@@H]2OC(C)[C@@H](O[C@@H]3OC(CO[Si](c4ccccc4)(c4ccccc4)C(C)(C)C)[C@@H](O[C@@H]4OC(C)[C@@H](O)[C@@H](OCc5ccccc5)C4C)[C@H](C)C3N=[N+]=[N-])[C@@H](OCc3ccccc3)C2C)[C@H](C)C1C. The molecule has 0 amide bonds. The Bertz CT molecular complexity index is 3240. The van der Waals surface area contributed by atoms with E-state index in [-0.39, 0.29) is 48.3 Å². The third-order valence-electron chi connectivity index (χ3n) is 20.3. The summed E-state index contributed by atoms with van der Waals surface area (Å²) in [5.41, 5.74) is 12.5. The maximum absolute atomic E-state index is 11.7. The number of methoxy groups -OCH3 is 1. The van der Waals surface area contributed by atoms with Gasteiger partial charge in [-0.25, -0.2) is 0 Å². The highest BCUT2D eigenvalue weighted by atomic mass is 28.4. The molecule has 1 N–H and O–H groups in total. The van der Waals surface area contributed by atoms with Crippen LogP contribution in [0.15, 0.2) is 187 Å². The number of hydrogen-bond donors (Lipinski definition) is 1. The van der Waals surface area contributed by atoms with Crippen molar-refractivity contribution in [3.8, 4) is 0 Å². The highest BCUT2D eigenvalue weighted by Crippen LogP contribution is 2.45. The molecule has 6 aromatic rings. The van der Waals surface area contributed by atoms with Gasteiger partial charge in [0.2, 0.25) is 0 Å². The number of aliphatic hydroxyl groups is 1. The van der Waals surface area contributed by atoms with E-state index in [1.165, 1.54) is 0 Å². The zero-order valence-electron chi connectivity index (χ0n) is 57.4. The lowest BCUT2D eigenvalue weighted by atomic mass is 9.84. The topological polar surface area (TPSA) is 180 Å². The molecular formula is C76H101N3O13Si2. The van der Waals surface area contributed by atoms with Crippen LogP contribution in [0.4, 0.5) is 0 Å². The highest BCUT2D eigenvalue weighted by Gasteiger charge is 2.57. The zero-order valence-corrected chi connectivity index (χ0v) is 59.4. The van der Waals surface area contributed by atoms with Gasteiger partial charge in [-0.05, 0) is 73.2 Å². The Hall–Kier alpha value is -5.46. The van der Waals surface area contributed by atoms with Gasteiger partial charge in [-0.3, -0.25) is 0 Å². The van der Waals surface area contributed by atoms with E-state index in [1.54, 1.807) is 7.11 Å². The highest BCUT2D eigenvalue weighted by molar-refractivity contribution is 7.00. The van der Waals surface area contributed by atoms with Gasteiger partial charge >= 0.3 is 0 Å². The van der Waals surface area contributed by atoms with Crippen molar-refractivity contribution in [1.29, 1.82) is 0 Å². The first kappa shape index (κ1) is 71.3. The van der Waals surface area contributed by atoms with Crippen LogP contribution in [0, 0.1) is 29.6 Å². The molecule has 0 radical (unpaired) electrons. The van der Waals surface area contributed by atoms with Gasteiger partial charge in [0.05, 0.1) is 69.1 Å². The van der Waals surface area contributed by atoms with Crippen LogP contribution in [0.2, 0.25) is 10.1 Å². The van der Waals surface area contributed by atoms with Crippen molar-refractivity contribution < 1.29 is 61.3 Å². The lowest BCUT2D eigenvalue weighted by Gasteiger charge is -2.52. The maximum Gasteiger partial charge on any atom is 0.261 e. The Morgan fingerprint density at radius 3 is 1.19 bits per heavy atom. The fourth-order valence-electron chi connectivity index (χ4n) is 14.9. The predicted octanol–water partition coefficient (Wildman–Crippen LogP) is 12.3. The Morgan fingerprint density at radius 1 is 0.426 bits per heavy atom. The third kappa shape index (κ3) is 15.3. The van der Waals surface area contributed by atoms with Gasteiger partial charge < -0.3 is 61.3 Å². The minimum atomic E-state index is -3.22. The fourth-order valence-corrected chi connectivity index (χ4v) is 24.0. The molecule has 18 heteroatoms. The molecule has 10 rings (SSSR count). The van der Waals surface area contributed by atoms with Crippen molar-refractivity contribution in [3.05, 3.63) is 204 Å². The van der Waals surface area contributed by atoms with Gasteiger partial charge in [0.1, 0.15) is 24.4 Å². The Labute approximate surface area is 560 Å². The second-order valence-electron chi connectivity index (χ2n) is 28.5. The first-order chi connectivity index (χ1) is 45.1. The average Bonchev–Trinajstić information content (AvgIpc) is 0.755. The summed E-state index contributed by atoms with van der Waals surface area (Å²) in [6.45, 7) is 28.5. The van der Waals surface area contributed by atoms with Crippen molar-refractivity contribution in [3.63, 3.8) is 0 Å². The molecule has 16 nitrogen and oxygen atoms in total. The van der Waals surface area contributed by atoms with E-state index >= 15 is 0 Å². The van der Waals surface area contributed by atoms with E-state index in [0.717, 1.165) is 31.9 Å². The molecule has 4 heterocycles. The summed E-state index contributed by atoms with van der Waals surface area (Å²) in [5.74, 6) is -1.59. The third-order valence-corrected chi connectivity index (χ3v) is 30.3. The smallest absolute Gasteiger partial charge is 0.261 e. The molecule has 94 heavy (non-hydrogen) atoms. The molecule has 506 valence electrons. The number of aliphatic hydroxyl groups excluding tert-OH is 1. The fraction of sp³-hybridized carbons (Fsp3) is 0.526. The molecule has 0 aliphatic carbocycles. The monoisotopic (exact) mass is 1320 g/mol. The second kappa shape index (κ2) is 31.4. The number of azide groups is 1. The largest absolute Gasteiger partial charge is 0.405 e. The van der Waals surface area contributed by atoms with E-state index < -0.39 is 127 Å². The summed E-state index contributed by atoms with van der Waals surface area (Å²) in [6.07, 6.45) is -10.4. The summed E-state index contributed by atoms with van der Waals surface area (Å²) in [7, 11) is -4.56. The van der Waals surface area contributed by atoms with Gasteiger partial charge in [-0.15, -0.1) is 0 Å². The first-order valence-corrected chi connectivity index (χ1v) is 37.6. The van der Waals surface area contributed by atoms with Gasteiger partial charge in [0, 0.05) is 29.8 Å². The lowest BCUT2D eigenvalue weighted by Crippen LogP contribution is -2.68. The molecular weight excluding hydrogens is 1220 g/mol. The summed E-state index contributed by atoms with van der Waals surface area (Å²) >= 11 is 0. The summed E-state index contributed by atoms with van der Waals surface area (Å²) < 4.78 is 85.4. The zero-order chi connectivity index (χ0) is 67.0. The van der Waals surface area contributed by atoms with Gasteiger partial charge in [0.25, 0.3) is 16.6 Å². The summed E-state index contributed by atoms with van der Waals surface area (Å²) in [4.78, 5) is 3.46. The molecule has 4 fully saturated rings. The van der Waals surface area contributed by atoms with Crippen LogP contribution in [-0.2, 0) is 69.4 Å². The molecule has 4 aliphatic rings. The Kier molecular flexibility index (Phi) is 23.8. The normalized spacial score (nSPS) is 31.9. The average molecular weight is 1320 g/mol. The van der Waals surface area contributed by atoms with Crippen LogP contribution in [0.1, 0.15) is 101 Å². The number of nitrogens with zero attached hydrogens (tertiary/aromatic N) is 3. The number of benzene rings is 6. The predicted molar refractivity (Wildman–Crippen MR) is 370 cm³/mol. The van der Waals surface area contributed by atoms with Crippen molar-refractivity contribution in [2.45, 2.75) is 206 Å². The minimum Gasteiger partial charge on any atom is -0.405 e. The van der Waals surface area contributed by atoms with E-state index in [0.29, 0.717) is 0 Å². The number of hydrogen-bond acceptors (Lipinski definition) is 14. The van der Waals surface area contributed by atoms with Crippen LogP contribution in [0.25, 0.3) is 10.4 Å². The van der Waals surface area contributed by atoms with Crippen LogP contribution in [0.5, 0.6) is 0 Å². The van der Waals surface area contributed by atoms with Crippen molar-refractivity contribution in [1.82, 2.24) is 0 Å². The summed E-state index contributed by atoms with van der Waals surface area (Å²) in [6, 6.07) is 61.2. The Balaban J connectivity index is 0.984.